The van der Waals surface area contributed by atoms with Crippen LogP contribution in [0, 0.1) is 24.7 Å². The fraction of sp³-hybridized carbons (Fsp3) is 0.471. The van der Waals surface area contributed by atoms with E-state index in [0.29, 0.717) is 12.1 Å². The van der Waals surface area contributed by atoms with Crippen molar-refractivity contribution in [2.75, 3.05) is 6.54 Å². The molecular weight excluding hydrogens is 248 g/mol. The predicted molar refractivity (Wildman–Crippen MR) is 81.4 cm³/mol. The Hall–Kier alpha value is -1.79. The van der Waals surface area contributed by atoms with E-state index in [2.05, 4.69) is 24.1 Å². The first-order chi connectivity index (χ1) is 9.60. The smallest absolute Gasteiger partial charge is 0.251 e. The normalized spacial score (nSPS) is 15.2. The molecule has 3 N–H and O–H groups in total. The van der Waals surface area contributed by atoms with Crippen LogP contribution in [0.4, 0.5) is 0 Å². The molecule has 1 fully saturated rings. The van der Waals surface area contributed by atoms with Crippen molar-refractivity contribution in [1.29, 1.82) is 0 Å². The highest BCUT2D eigenvalue weighted by molar-refractivity contribution is 5.94. The summed E-state index contributed by atoms with van der Waals surface area (Å²) in [5.41, 5.74) is 7.99. The molecule has 1 saturated carbocycles. The van der Waals surface area contributed by atoms with Gasteiger partial charge in [0.25, 0.3) is 5.91 Å². The number of carbonyl (C=O) groups is 1. The summed E-state index contributed by atoms with van der Waals surface area (Å²) in [6.07, 6.45) is 3.70. The van der Waals surface area contributed by atoms with Gasteiger partial charge < -0.3 is 11.1 Å². The van der Waals surface area contributed by atoms with E-state index in [-0.39, 0.29) is 11.9 Å². The van der Waals surface area contributed by atoms with Crippen LogP contribution in [0.2, 0.25) is 0 Å². The van der Waals surface area contributed by atoms with Crippen LogP contribution in [0.15, 0.2) is 18.2 Å². The SMILES string of the molecule is Cc1ccc(C(=O)NC(C)CC2CC2)cc1C#CCN. The van der Waals surface area contributed by atoms with Crippen molar-refractivity contribution in [2.45, 2.75) is 39.2 Å². The van der Waals surface area contributed by atoms with Crippen molar-refractivity contribution in [1.82, 2.24) is 5.32 Å². The second-order valence-corrected chi connectivity index (χ2v) is 5.59. The zero-order chi connectivity index (χ0) is 14.5. The lowest BCUT2D eigenvalue weighted by Crippen LogP contribution is -2.32. The van der Waals surface area contributed by atoms with Crippen molar-refractivity contribution >= 4 is 5.91 Å². The van der Waals surface area contributed by atoms with Gasteiger partial charge in [-0.15, -0.1) is 0 Å². The molecular formula is C17H22N2O. The Balaban J connectivity index is 2.04. The van der Waals surface area contributed by atoms with Gasteiger partial charge in [0, 0.05) is 17.2 Å². The largest absolute Gasteiger partial charge is 0.350 e. The summed E-state index contributed by atoms with van der Waals surface area (Å²) < 4.78 is 0. The molecule has 106 valence electrons. The van der Waals surface area contributed by atoms with Gasteiger partial charge in [-0.05, 0) is 43.9 Å². The first-order valence-electron chi connectivity index (χ1n) is 7.20. The lowest BCUT2D eigenvalue weighted by molar-refractivity contribution is 0.0937. The minimum atomic E-state index is -0.0195. The molecule has 3 nitrogen and oxygen atoms in total. The predicted octanol–water partition coefficient (Wildman–Crippen LogP) is 2.22. The van der Waals surface area contributed by atoms with E-state index in [1.165, 1.54) is 12.8 Å². The molecule has 1 aliphatic carbocycles. The second kappa shape index (κ2) is 6.58. The summed E-state index contributed by atoms with van der Waals surface area (Å²) in [6.45, 7) is 4.38. The monoisotopic (exact) mass is 270 g/mol. The Labute approximate surface area is 120 Å². The average molecular weight is 270 g/mol. The molecule has 0 spiro atoms. The first kappa shape index (κ1) is 14.6. The number of hydrogen-bond acceptors (Lipinski definition) is 2. The molecule has 3 heteroatoms. The number of carbonyl (C=O) groups excluding carboxylic acids is 1. The van der Waals surface area contributed by atoms with Gasteiger partial charge in [0.15, 0.2) is 0 Å². The Morgan fingerprint density at radius 3 is 2.90 bits per heavy atom. The molecule has 1 unspecified atom stereocenters. The van der Waals surface area contributed by atoms with Gasteiger partial charge in [-0.2, -0.15) is 0 Å². The molecule has 1 aliphatic rings. The third-order valence-electron chi connectivity index (χ3n) is 3.59. The van der Waals surface area contributed by atoms with Crippen LogP contribution in [0.3, 0.4) is 0 Å². The Kier molecular flexibility index (Phi) is 4.81. The van der Waals surface area contributed by atoms with E-state index in [4.69, 9.17) is 5.73 Å². The molecule has 1 amide bonds. The van der Waals surface area contributed by atoms with E-state index in [0.717, 1.165) is 23.5 Å². The quantitative estimate of drug-likeness (QED) is 0.824. The van der Waals surface area contributed by atoms with Crippen LogP contribution >= 0.6 is 0 Å². The third-order valence-corrected chi connectivity index (χ3v) is 3.59. The minimum absolute atomic E-state index is 0.0195. The third kappa shape index (κ3) is 4.11. The number of benzene rings is 1. The second-order valence-electron chi connectivity index (χ2n) is 5.59. The Morgan fingerprint density at radius 1 is 1.50 bits per heavy atom. The minimum Gasteiger partial charge on any atom is -0.350 e. The fourth-order valence-electron chi connectivity index (χ4n) is 2.26. The number of nitrogens with two attached hydrogens (primary N) is 1. The number of hydrogen-bond donors (Lipinski definition) is 2. The molecule has 0 aromatic heterocycles. The Morgan fingerprint density at radius 2 is 2.25 bits per heavy atom. The van der Waals surface area contributed by atoms with Crippen molar-refractivity contribution in [3.05, 3.63) is 34.9 Å². The molecule has 0 saturated heterocycles. The van der Waals surface area contributed by atoms with E-state index in [1.54, 1.807) is 0 Å². The van der Waals surface area contributed by atoms with Gasteiger partial charge in [0.1, 0.15) is 0 Å². The van der Waals surface area contributed by atoms with Crippen LogP contribution < -0.4 is 11.1 Å². The molecule has 1 aromatic rings. The highest BCUT2D eigenvalue weighted by atomic mass is 16.1. The maximum absolute atomic E-state index is 12.2. The van der Waals surface area contributed by atoms with Crippen LogP contribution in [0.25, 0.3) is 0 Å². The maximum Gasteiger partial charge on any atom is 0.251 e. The van der Waals surface area contributed by atoms with Gasteiger partial charge in [0.05, 0.1) is 6.54 Å². The van der Waals surface area contributed by atoms with Gasteiger partial charge in [0.2, 0.25) is 0 Å². The van der Waals surface area contributed by atoms with E-state index >= 15 is 0 Å². The first-order valence-corrected chi connectivity index (χ1v) is 7.20. The summed E-state index contributed by atoms with van der Waals surface area (Å²) in [7, 11) is 0. The highest BCUT2D eigenvalue weighted by Crippen LogP contribution is 2.33. The highest BCUT2D eigenvalue weighted by Gasteiger charge is 2.24. The molecule has 1 aromatic carbocycles. The fourth-order valence-corrected chi connectivity index (χ4v) is 2.26. The van der Waals surface area contributed by atoms with E-state index < -0.39 is 0 Å². The molecule has 0 aliphatic heterocycles. The topological polar surface area (TPSA) is 55.1 Å². The zero-order valence-corrected chi connectivity index (χ0v) is 12.2. The van der Waals surface area contributed by atoms with Gasteiger partial charge >= 0.3 is 0 Å². The standard InChI is InChI=1S/C17H22N2O/c1-12-5-8-16(11-15(12)4-3-9-18)17(20)19-13(2)10-14-6-7-14/h5,8,11,13-14H,6-7,9-10,18H2,1-2H3,(H,19,20). The molecule has 2 rings (SSSR count). The summed E-state index contributed by atoms with van der Waals surface area (Å²) in [5, 5.41) is 3.06. The molecule has 0 heterocycles. The number of nitrogens with one attached hydrogen (secondary N) is 1. The Bertz CT molecular complexity index is 550. The average Bonchev–Trinajstić information content (AvgIpc) is 3.21. The van der Waals surface area contributed by atoms with Gasteiger partial charge in [-0.1, -0.05) is 30.7 Å². The summed E-state index contributed by atoms with van der Waals surface area (Å²) in [6, 6.07) is 5.86. The van der Waals surface area contributed by atoms with Crippen molar-refractivity contribution < 1.29 is 4.79 Å². The summed E-state index contributed by atoms with van der Waals surface area (Å²) in [5.74, 6) is 6.64. The van der Waals surface area contributed by atoms with Gasteiger partial charge in [-0.25, -0.2) is 0 Å². The van der Waals surface area contributed by atoms with Gasteiger partial charge in [-0.3, -0.25) is 4.79 Å². The number of amides is 1. The molecule has 0 radical (unpaired) electrons. The van der Waals surface area contributed by atoms with Crippen LogP contribution in [-0.4, -0.2) is 18.5 Å². The van der Waals surface area contributed by atoms with Crippen molar-refractivity contribution in [3.8, 4) is 11.8 Å². The van der Waals surface area contributed by atoms with Crippen LogP contribution in [0.1, 0.15) is 47.7 Å². The van der Waals surface area contributed by atoms with Crippen LogP contribution in [-0.2, 0) is 0 Å². The summed E-state index contributed by atoms with van der Waals surface area (Å²) in [4.78, 5) is 12.2. The molecule has 1 atom stereocenters. The lowest BCUT2D eigenvalue weighted by atomic mass is 10.0. The van der Waals surface area contributed by atoms with Crippen molar-refractivity contribution in [3.63, 3.8) is 0 Å². The number of rotatable bonds is 4. The molecule has 0 bridgehead atoms. The van der Waals surface area contributed by atoms with Crippen molar-refractivity contribution in [2.24, 2.45) is 11.7 Å². The zero-order valence-electron chi connectivity index (χ0n) is 12.2. The van der Waals surface area contributed by atoms with E-state index in [1.807, 2.05) is 25.1 Å². The number of aryl methyl sites for hydroxylation is 1. The van der Waals surface area contributed by atoms with Crippen LogP contribution in [0.5, 0.6) is 0 Å². The van der Waals surface area contributed by atoms with E-state index in [9.17, 15) is 4.79 Å². The summed E-state index contributed by atoms with van der Waals surface area (Å²) >= 11 is 0. The lowest BCUT2D eigenvalue weighted by Gasteiger charge is -2.13. The maximum atomic E-state index is 12.2. The molecule has 20 heavy (non-hydrogen) atoms.